The van der Waals surface area contributed by atoms with Gasteiger partial charge in [0.25, 0.3) is 0 Å². The third-order valence-electron chi connectivity index (χ3n) is 4.65. The molecule has 0 spiro atoms. The van der Waals surface area contributed by atoms with E-state index in [0.29, 0.717) is 23.1 Å². The molecule has 27 heavy (non-hydrogen) atoms. The SMILES string of the molecule is COc1ccc(NC(=O)Nc2ccc(-c3noc(C4CCC4)n3)cc2)cc1. The molecule has 2 aromatic carbocycles. The molecule has 0 radical (unpaired) electrons. The first-order valence-corrected chi connectivity index (χ1v) is 8.87. The molecule has 1 aromatic heterocycles. The first-order chi connectivity index (χ1) is 13.2. The molecule has 4 rings (SSSR count). The van der Waals surface area contributed by atoms with Gasteiger partial charge in [0, 0.05) is 22.9 Å². The summed E-state index contributed by atoms with van der Waals surface area (Å²) < 4.78 is 10.4. The first-order valence-electron chi connectivity index (χ1n) is 8.87. The number of benzene rings is 2. The molecule has 138 valence electrons. The Hall–Kier alpha value is -3.35. The smallest absolute Gasteiger partial charge is 0.323 e. The fourth-order valence-corrected chi connectivity index (χ4v) is 2.84. The number of urea groups is 1. The summed E-state index contributed by atoms with van der Waals surface area (Å²) in [5, 5.41) is 9.62. The highest BCUT2D eigenvalue weighted by Crippen LogP contribution is 2.36. The van der Waals surface area contributed by atoms with Crippen molar-refractivity contribution in [1.29, 1.82) is 0 Å². The molecule has 2 amide bonds. The molecule has 0 aliphatic heterocycles. The van der Waals surface area contributed by atoms with Crippen molar-refractivity contribution in [3.05, 3.63) is 54.4 Å². The number of methoxy groups -OCH3 is 1. The molecule has 1 heterocycles. The Balaban J connectivity index is 1.36. The van der Waals surface area contributed by atoms with Crippen LogP contribution in [0.3, 0.4) is 0 Å². The van der Waals surface area contributed by atoms with Crippen molar-refractivity contribution in [3.8, 4) is 17.1 Å². The van der Waals surface area contributed by atoms with Gasteiger partial charge in [-0.05, 0) is 61.4 Å². The van der Waals surface area contributed by atoms with Gasteiger partial charge in [-0.3, -0.25) is 0 Å². The molecule has 2 N–H and O–H groups in total. The Labute approximate surface area is 156 Å². The number of nitrogens with zero attached hydrogens (tertiary/aromatic N) is 2. The minimum Gasteiger partial charge on any atom is -0.497 e. The standard InChI is InChI=1S/C20H20N4O3/c1-26-17-11-9-16(10-12-17)22-20(25)21-15-7-5-13(6-8-15)18-23-19(27-24-18)14-3-2-4-14/h5-12,14H,2-4H2,1H3,(H2,21,22,25). The summed E-state index contributed by atoms with van der Waals surface area (Å²) in [5.74, 6) is 2.44. The zero-order valence-electron chi connectivity index (χ0n) is 14.9. The van der Waals surface area contributed by atoms with Gasteiger partial charge in [0.1, 0.15) is 5.75 Å². The Morgan fingerprint density at radius 1 is 1.04 bits per heavy atom. The van der Waals surface area contributed by atoms with E-state index < -0.39 is 0 Å². The molecule has 0 saturated heterocycles. The molecular formula is C20H20N4O3. The minimum atomic E-state index is -0.320. The summed E-state index contributed by atoms with van der Waals surface area (Å²) in [6, 6.07) is 14.1. The number of amides is 2. The lowest BCUT2D eigenvalue weighted by molar-refractivity contribution is 0.262. The quantitative estimate of drug-likeness (QED) is 0.687. The van der Waals surface area contributed by atoms with Gasteiger partial charge in [0.15, 0.2) is 0 Å². The second-order valence-electron chi connectivity index (χ2n) is 6.47. The maximum absolute atomic E-state index is 12.1. The van der Waals surface area contributed by atoms with Crippen molar-refractivity contribution in [3.63, 3.8) is 0 Å². The number of rotatable bonds is 5. The van der Waals surface area contributed by atoms with E-state index in [1.807, 2.05) is 24.3 Å². The number of carbonyl (C=O) groups excluding carboxylic acids is 1. The van der Waals surface area contributed by atoms with Crippen LogP contribution < -0.4 is 15.4 Å². The van der Waals surface area contributed by atoms with Crippen molar-refractivity contribution in [1.82, 2.24) is 10.1 Å². The van der Waals surface area contributed by atoms with Crippen LogP contribution in [0, 0.1) is 0 Å². The average molecular weight is 364 g/mol. The highest BCUT2D eigenvalue weighted by Gasteiger charge is 2.25. The van der Waals surface area contributed by atoms with Crippen LogP contribution in [0.2, 0.25) is 0 Å². The van der Waals surface area contributed by atoms with Gasteiger partial charge >= 0.3 is 6.03 Å². The minimum absolute atomic E-state index is 0.320. The van der Waals surface area contributed by atoms with E-state index >= 15 is 0 Å². The normalized spacial score (nSPS) is 13.7. The van der Waals surface area contributed by atoms with E-state index in [1.165, 1.54) is 6.42 Å². The molecule has 7 nitrogen and oxygen atoms in total. The van der Waals surface area contributed by atoms with Crippen molar-refractivity contribution < 1.29 is 14.1 Å². The van der Waals surface area contributed by atoms with Crippen LogP contribution >= 0.6 is 0 Å². The highest BCUT2D eigenvalue weighted by molar-refractivity contribution is 5.99. The van der Waals surface area contributed by atoms with E-state index in [0.717, 1.165) is 30.0 Å². The van der Waals surface area contributed by atoms with Gasteiger partial charge < -0.3 is 19.9 Å². The summed E-state index contributed by atoms with van der Waals surface area (Å²) >= 11 is 0. The summed E-state index contributed by atoms with van der Waals surface area (Å²) in [5.41, 5.74) is 2.21. The zero-order valence-corrected chi connectivity index (χ0v) is 14.9. The van der Waals surface area contributed by atoms with Crippen molar-refractivity contribution in [2.45, 2.75) is 25.2 Å². The summed E-state index contributed by atoms with van der Waals surface area (Å²) in [6.45, 7) is 0. The number of ether oxygens (including phenoxy) is 1. The second kappa shape index (κ2) is 7.49. The number of hydrogen-bond donors (Lipinski definition) is 2. The van der Waals surface area contributed by atoms with Crippen molar-refractivity contribution in [2.24, 2.45) is 0 Å². The van der Waals surface area contributed by atoms with Gasteiger partial charge in [-0.15, -0.1) is 0 Å². The predicted octanol–water partition coefficient (Wildman–Crippen LogP) is 4.66. The number of carbonyl (C=O) groups is 1. The summed E-state index contributed by atoms with van der Waals surface area (Å²) in [6.07, 6.45) is 3.46. The van der Waals surface area contributed by atoms with Gasteiger partial charge in [0.05, 0.1) is 7.11 Å². The number of aromatic nitrogens is 2. The molecule has 1 aliphatic carbocycles. The molecule has 7 heteroatoms. The van der Waals surface area contributed by atoms with E-state index in [1.54, 1.807) is 31.4 Å². The van der Waals surface area contributed by atoms with Gasteiger partial charge in [-0.25, -0.2) is 4.79 Å². The van der Waals surface area contributed by atoms with Crippen LogP contribution in [0.15, 0.2) is 53.1 Å². The Kier molecular flexibility index (Phi) is 4.74. The van der Waals surface area contributed by atoms with Crippen LogP contribution in [0.25, 0.3) is 11.4 Å². The lowest BCUT2D eigenvalue weighted by Crippen LogP contribution is -2.19. The Morgan fingerprint density at radius 3 is 2.22 bits per heavy atom. The second-order valence-corrected chi connectivity index (χ2v) is 6.47. The number of nitrogens with one attached hydrogen (secondary N) is 2. The molecular weight excluding hydrogens is 344 g/mol. The third-order valence-corrected chi connectivity index (χ3v) is 4.65. The summed E-state index contributed by atoms with van der Waals surface area (Å²) in [4.78, 5) is 16.6. The predicted molar refractivity (Wildman–Crippen MR) is 102 cm³/mol. The van der Waals surface area contributed by atoms with Gasteiger partial charge in [0.2, 0.25) is 11.7 Å². The lowest BCUT2D eigenvalue weighted by atomic mass is 9.85. The number of hydrogen-bond acceptors (Lipinski definition) is 5. The molecule has 1 saturated carbocycles. The average Bonchev–Trinajstić information content (AvgIpc) is 3.11. The monoisotopic (exact) mass is 364 g/mol. The van der Waals surface area contributed by atoms with E-state index in [4.69, 9.17) is 9.26 Å². The van der Waals surface area contributed by atoms with E-state index in [-0.39, 0.29) is 6.03 Å². The molecule has 0 bridgehead atoms. The van der Waals surface area contributed by atoms with Crippen LogP contribution in [0.1, 0.15) is 31.1 Å². The zero-order chi connectivity index (χ0) is 18.6. The first kappa shape index (κ1) is 17.1. The van der Waals surface area contributed by atoms with Crippen molar-refractivity contribution in [2.75, 3.05) is 17.7 Å². The van der Waals surface area contributed by atoms with Crippen molar-refractivity contribution >= 4 is 17.4 Å². The molecule has 1 aliphatic rings. The Bertz CT molecular complexity index is 915. The van der Waals surface area contributed by atoms with E-state index in [9.17, 15) is 4.79 Å². The topological polar surface area (TPSA) is 89.3 Å². The van der Waals surface area contributed by atoms with Crippen LogP contribution in [0.5, 0.6) is 5.75 Å². The molecule has 0 unspecified atom stereocenters. The Morgan fingerprint density at radius 2 is 1.67 bits per heavy atom. The fourth-order valence-electron chi connectivity index (χ4n) is 2.84. The molecule has 3 aromatic rings. The molecule has 0 atom stereocenters. The fraction of sp³-hybridized carbons (Fsp3) is 0.250. The van der Waals surface area contributed by atoms with Crippen LogP contribution in [0.4, 0.5) is 16.2 Å². The van der Waals surface area contributed by atoms with Gasteiger partial charge in [-0.2, -0.15) is 4.98 Å². The number of anilines is 2. The van der Waals surface area contributed by atoms with Crippen LogP contribution in [-0.2, 0) is 0 Å². The van der Waals surface area contributed by atoms with E-state index in [2.05, 4.69) is 20.8 Å². The maximum atomic E-state index is 12.1. The van der Waals surface area contributed by atoms with Gasteiger partial charge in [-0.1, -0.05) is 11.6 Å². The van der Waals surface area contributed by atoms with Crippen LogP contribution in [-0.4, -0.2) is 23.3 Å². The lowest BCUT2D eigenvalue weighted by Gasteiger charge is -2.20. The largest absolute Gasteiger partial charge is 0.497 e. The highest BCUT2D eigenvalue weighted by atomic mass is 16.5. The molecule has 1 fully saturated rings. The summed E-state index contributed by atoms with van der Waals surface area (Å²) in [7, 11) is 1.60. The third kappa shape index (κ3) is 3.92. The maximum Gasteiger partial charge on any atom is 0.323 e.